The lowest BCUT2D eigenvalue weighted by atomic mass is 10.1. The van der Waals surface area contributed by atoms with Crippen molar-refractivity contribution < 1.29 is 19.4 Å². The van der Waals surface area contributed by atoms with E-state index < -0.39 is 5.97 Å². The molecule has 10 nitrogen and oxygen atoms in total. The van der Waals surface area contributed by atoms with Crippen molar-refractivity contribution in [2.75, 3.05) is 0 Å². The zero-order valence-electron chi connectivity index (χ0n) is 23.7. The molecule has 3 heterocycles. The lowest BCUT2D eigenvalue weighted by Gasteiger charge is -2.14. The third kappa shape index (κ3) is 5.76. The third-order valence-corrected chi connectivity index (χ3v) is 7.11. The minimum atomic E-state index is -0.973. The maximum Gasteiger partial charge on any atom is 0.333 e. The van der Waals surface area contributed by atoms with Crippen molar-refractivity contribution in [3.8, 4) is 28.6 Å². The summed E-state index contributed by atoms with van der Waals surface area (Å²) >= 11 is 0. The predicted octanol–water partition coefficient (Wildman–Crippen LogP) is 5.14. The Morgan fingerprint density at radius 1 is 0.860 bits per heavy atom. The van der Waals surface area contributed by atoms with E-state index in [-0.39, 0.29) is 24.7 Å². The summed E-state index contributed by atoms with van der Waals surface area (Å²) in [5.41, 5.74) is 5.82. The number of hydrogen-bond acceptors (Lipinski definition) is 6. The molecule has 0 radical (unpaired) electrons. The Hall–Kier alpha value is -5.64. The summed E-state index contributed by atoms with van der Waals surface area (Å²) in [7, 11) is 1.71. The normalized spacial score (nSPS) is 11.1. The van der Waals surface area contributed by atoms with Crippen molar-refractivity contribution in [1.82, 2.24) is 23.9 Å². The van der Waals surface area contributed by atoms with E-state index in [9.17, 15) is 9.59 Å². The molecule has 0 aliphatic rings. The van der Waals surface area contributed by atoms with Gasteiger partial charge in [0.1, 0.15) is 25.4 Å². The molecule has 1 N–H and O–H groups in total. The molecule has 0 spiro atoms. The molecule has 10 heteroatoms. The van der Waals surface area contributed by atoms with Crippen molar-refractivity contribution in [2.24, 2.45) is 7.05 Å². The number of rotatable bonds is 10. The summed E-state index contributed by atoms with van der Waals surface area (Å²) in [6.45, 7) is 2.18. The Balaban J connectivity index is 1.39. The van der Waals surface area contributed by atoms with Crippen molar-refractivity contribution in [3.63, 3.8) is 0 Å². The van der Waals surface area contributed by atoms with E-state index in [0.717, 1.165) is 22.3 Å². The number of aromatic nitrogens is 5. The minimum Gasteiger partial charge on any atom is -0.480 e. The number of benzene rings is 3. The molecule has 0 bridgehead atoms. The smallest absolute Gasteiger partial charge is 0.333 e. The van der Waals surface area contributed by atoms with Gasteiger partial charge in [-0.1, -0.05) is 66.7 Å². The first-order chi connectivity index (χ1) is 20.9. The minimum absolute atomic E-state index is 0.234. The highest BCUT2D eigenvalue weighted by atomic mass is 16.5. The summed E-state index contributed by atoms with van der Waals surface area (Å²) in [5.74, 6) is -0.335. The quantitative estimate of drug-likeness (QED) is 0.241. The van der Waals surface area contributed by atoms with Crippen LogP contribution in [0.25, 0.3) is 27.8 Å². The van der Waals surface area contributed by atoms with E-state index in [4.69, 9.17) is 14.6 Å². The highest BCUT2D eigenvalue weighted by molar-refractivity contribution is 5.84. The van der Waals surface area contributed by atoms with Crippen molar-refractivity contribution >= 4 is 17.0 Å². The Bertz CT molecular complexity index is 1980. The van der Waals surface area contributed by atoms with Gasteiger partial charge in [0.05, 0.1) is 16.7 Å². The number of aliphatic carboxylic acids is 1. The highest BCUT2D eigenvalue weighted by Gasteiger charge is 2.20. The van der Waals surface area contributed by atoms with Gasteiger partial charge < -0.3 is 14.6 Å². The van der Waals surface area contributed by atoms with Gasteiger partial charge in [-0.25, -0.2) is 4.79 Å². The Kier molecular flexibility index (Phi) is 7.48. The molecule has 6 aromatic rings. The Labute approximate surface area is 247 Å². The zero-order chi connectivity index (χ0) is 29.9. The standard InChI is InChI=1S/C33H29N5O5/c1-22-26(18-37(35-22)19-31(39)40)25-13-14-27-29(17-25)36(2)33(41)38(27)28-15-16-30(42-20-23-9-5-3-6-10-23)34-32(28)43-21-24-11-7-4-8-12-24/h3-18H,19-21H2,1-2H3,(H,39,40). The van der Waals surface area contributed by atoms with E-state index in [1.807, 2.05) is 85.8 Å². The topological polar surface area (TPSA) is 113 Å². The molecule has 43 heavy (non-hydrogen) atoms. The largest absolute Gasteiger partial charge is 0.480 e. The summed E-state index contributed by atoms with van der Waals surface area (Å²) in [5, 5.41) is 13.5. The number of hydrogen-bond donors (Lipinski definition) is 1. The van der Waals surface area contributed by atoms with Gasteiger partial charge in [-0.05, 0) is 41.8 Å². The average Bonchev–Trinajstić information content (AvgIpc) is 3.50. The SMILES string of the molecule is Cc1nn(CC(=O)O)cc1-c1ccc2c(c1)n(C)c(=O)n2-c1ccc(OCc2ccccc2)nc1OCc1ccccc1. The van der Waals surface area contributed by atoms with Gasteiger partial charge >= 0.3 is 11.7 Å². The average molecular weight is 576 g/mol. The van der Waals surface area contributed by atoms with E-state index in [1.165, 1.54) is 4.68 Å². The van der Waals surface area contributed by atoms with Crippen LogP contribution in [0.1, 0.15) is 16.8 Å². The van der Waals surface area contributed by atoms with Crippen LogP contribution in [0.2, 0.25) is 0 Å². The lowest BCUT2D eigenvalue weighted by molar-refractivity contribution is -0.137. The fraction of sp³-hybridized carbons (Fsp3) is 0.152. The number of carbonyl (C=O) groups is 1. The Morgan fingerprint density at radius 2 is 1.53 bits per heavy atom. The van der Waals surface area contributed by atoms with Gasteiger partial charge in [0.25, 0.3) is 0 Å². The molecule has 6 rings (SSSR count). The first kappa shape index (κ1) is 27.5. The van der Waals surface area contributed by atoms with Crippen LogP contribution < -0.4 is 15.2 Å². The molecule has 0 fully saturated rings. The van der Waals surface area contributed by atoms with Gasteiger partial charge in [0.15, 0.2) is 0 Å². The molecule has 0 aliphatic carbocycles. The van der Waals surface area contributed by atoms with Crippen molar-refractivity contribution in [3.05, 3.63) is 124 Å². The molecule has 3 aromatic carbocycles. The zero-order valence-corrected chi connectivity index (χ0v) is 23.7. The molecule has 216 valence electrons. The van der Waals surface area contributed by atoms with E-state index in [0.29, 0.717) is 34.9 Å². The first-order valence-corrected chi connectivity index (χ1v) is 13.7. The Morgan fingerprint density at radius 3 is 2.21 bits per heavy atom. The number of nitrogens with zero attached hydrogens (tertiary/aromatic N) is 5. The van der Waals surface area contributed by atoms with E-state index in [1.54, 1.807) is 34.5 Å². The number of aryl methyl sites for hydroxylation is 2. The second-order valence-corrected chi connectivity index (χ2v) is 10.1. The maximum absolute atomic E-state index is 13.7. The summed E-state index contributed by atoms with van der Waals surface area (Å²) in [6, 6.07) is 28.7. The summed E-state index contributed by atoms with van der Waals surface area (Å²) in [6.07, 6.45) is 1.70. The number of carboxylic acid groups (broad SMARTS) is 1. The predicted molar refractivity (Wildman–Crippen MR) is 161 cm³/mol. The maximum atomic E-state index is 13.7. The number of fused-ring (bicyclic) bond motifs is 1. The van der Waals surface area contributed by atoms with Gasteiger partial charge in [0, 0.05) is 24.9 Å². The molecule has 0 aliphatic heterocycles. The number of ether oxygens (including phenoxy) is 2. The van der Waals surface area contributed by atoms with Crippen LogP contribution in [0, 0.1) is 6.92 Å². The van der Waals surface area contributed by atoms with Crippen LogP contribution >= 0.6 is 0 Å². The molecule has 0 unspecified atom stereocenters. The number of imidazole rings is 1. The summed E-state index contributed by atoms with van der Waals surface area (Å²) < 4.78 is 16.7. The lowest BCUT2D eigenvalue weighted by Crippen LogP contribution is -2.21. The number of carboxylic acids is 1. The molecular weight excluding hydrogens is 546 g/mol. The molecule has 0 atom stereocenters. The molecule has 0 amide bonds. The first-order valence-electron chi connectivity index (χ1n) is 13.7. The fourth-order valence-electron chi connectivity index (χ4n) is 4.99. The second-order valence-electron chi connectivity index (χ2n) is 10.1. The molecular formula is C33H29N5O5. The third-order valence-electron chi connectivity index (χ3n) is 7.11. The van der Waals surface area contributed by atoms with Crippen LogP contribution in [0.15, 0.2) is 102 Å². The van der Waals surface area contributed by atoms with E-state index in [2.05, 4.69) is 10.1 Å². The highest BCUT2D eigenvalue weighted by Crippen LogP contribution is 2.31. The van der Waals surface area contributed by atoms with Gasteiger partial charge in [-0.15, -0.1) is 0 Å². The monoisotopic (exact) mass is 575 g/mol. The number of pyridine rings is 1. The van der Waals surface area contributed by atoms with Crippen LogP contribution in [0.4, 0.5) is 0 Å². The van der Waals surface area contributed by atoms with Crippen LogP contribution in [-0.2, 0) is 31.6 Å². The van der Waals surface area contributed by atoms with Gasteiger partial charge in [-0.3, -0.25) is 18.6 Å². The second kappa shape index (κ2) is 11.7. The summed E-state index contributed by atoms with van der Waals surface area (Å²) in [4.78, 5) is 29.5. The van der Waals surface area contributed by atoms with Crippen molar-refractivity contribution in [2.45, 2.75) is 26.7 Å². The van der Waals surface area contributed by atoms with E-state index >= 15 is 0 Å². The molecule has 0 saturated heterocycles. The molecule has 3 aromatic heterocycles. The fourth-order valence-corrected chi connectivity index (χ4v) is 4.99. The van der Waals surface area contributed by atoms with Crippen LogP contribution in [-0.4, -0.2) is 35.0 Å². The van der Waals surface area contributed by atoms with Gasteiger partial charge in [-0.2, -0.15) is 10.1 Å². The molecule has 0 saturated carbocycles. The van der Waals surface area contributed by atoms with Gasteiger partial charge in [0.2, 0.25) is 11.8 Å². The van der Waals surface area contributed by atoms with Crippen molar-refractivity contribution in [1.29, 1.82) is 0 Å². The van der Waals surface area contributed by atoms with Crippen LogP contribution in [0.5, 0.6) is 11.8 Å². The van der Waals surface area contributed by atoms with Crippen LogP contribution in [0.3, 0.4) is 0 Å².